The molecule has 1 aliphatic rings. The number of amides is 1. The summed E-state index contributed by atoms with van der Waals surface area (Å²) in [4.78, 5) is 17.5. The molecule has 28 heavy (non-hydrogen) atoms. The second kappa shape index (κ2) is 8.93. The van der Waals surface area contributed by atoms with Gasteiger partial charge in [-0.25, -0.2) is 5.43 Å². The van der Waals surface area contributed by atoms with E-state index in [9.17, 15) is 4.79 Å². The highest BCUT2D eigenvalue weighted by Crippen LogP contribution is 2.29. The van der Waals surface area contributed by atoms with Gasteiger partial charge in [0.25, 0.3) is 5.91 Å². The average molecular weight is 390 g/mol. The van der Waals surface area contributed by atoms with Gasteiger partial charge in [0.2, 0.25) is 0 Å². The fourth-order valence-electron chi connectivity index (χ4n) is 3.69. The molecule has 0 bridgehead atoms. The third-order valence-corrected chi connectivity index (χ3v) is 5.99. The van der Waals surface area contributed by atoms with E-state index in [4.69, 9.17) is 0 Å². The van der Waals surface area contributed by atoms with E-state index >= 15 is 0 Å². The predicted octanol–water partition coefficient (Wildman–Crippen LogP) is 5.31. The van der Waals surface area contributed by atoms with Gasteiger partial charge in [-0.15, -0.1) is 11.3 Å². The Morgan fingerprint density at radius 2 is 1.96 bits per heavy atom. The number of rotatable bonds is 6. The monoisotopic (exact) mass is 389 g/mol. The molecule has 142 valence electrons. The first kappa shape index (κ1) is 18.6. The lowest BCUT2D eigenvalue weighted by Gasteiger charge is -2.10. The molecule has 0 atom stereocenters. The number of carbonyl (C=O) groups excluding carboxylic acids is 1. The van der Waals surface area contributed by atoms with Gasteiger partial charge in [-0.3, -0.25) is 9.78 Å². The molecule has 2 aromatic heterocycles. The molecule has 0 saturated heterocycles. The van der Waals surface area contributed by atoms with Crippen molar-refractivity contribution >= 4 is 23.5 Å². The third-order valence-electron chi connectivity index (χ3n) is 5.18. The van der Waals surface area contributed by atoms with Gasteiger partial charge in [0.1, 0.15) is 5.69 Å². The second-order valence-corrected chi connectivity index (χ2v) is 8.18. The van der Waals surface area contributed by atoms with Gasteiger partial charge in [-0.1, -0.05) is 56.0 Å². The van der Waals surface area contributed by atoms with Crippen molar-refractivity contribution in [3.63, 3.8) is 0 Å². The van der Waals surface area contributed by atoms with Crippen LogP contribution >= 0.6 is 11.3 Å². The van der Waals surface area contributed by atoms with Crippen molar-refractivity contribution in [2.45, 2.75) is 32.1 Å². The van der Waals surface area contributed by atoms with E-state index in [2.05, 4.69) is 39.8 Å². The smallest absolute Gasteiger partial charge is 0.266 e. The molecule has 1 aliphatic carbocycles. The summed E-state index contributed by atoms with van der Waals surface area (Å²) >= 11 is 1.56. The van der Waals surface area contributed by atoms with E-state index in [0.717, 1.165) is 21.9 Å². The Balaban J connectivity index is 1.41. The molecule has 5 heteroatoms. The maximum atomic E-state index is 12.3. The minimum absolute atomic E-state index is 0.312. The molecule has 2 heterocycles. The molecule has 4 rings (SSSR count). The number of nitrogens with zero attached hydrogens (tertiary/aromatic N) is 2. The highest BCUT2D eigenvalue weighted by Gasteiger charge is 2.15. The van der Waals surface area contributed by atoms with Crippen LogP contribution in [0.2, 0.25) is 0 Å². The van der Waals surface area contributed by atoms with Crippen LogP contribution in [0.5, 0.6) is 0 Å². The Bertz CT molecular complexity index is 942. The standard InChI is InChI=1S/C23H23N3OS/c27-23(26-25-16-21-6-3-13-28-21)22-15-20(11-12-24-22)19-9-7-18(8-10-19)14-17-4-1-2-5-17/h3,6-13,15-17H,1-2,4-5,14H2,(H,26,27)/b25-16+. The van der Waals surface area contributed by atoms with Crippen molar-refractivity contribution in [3.8, 4) is 11.1 Å². The summed E-state index contributed by atoms with van der Waals surface area (Å²) in [6.07, 6.45) is 9.95. The molecular formula is C23H23N3OS. The van der Waals surface area contributed by atoms with Crippen LogP contribution in [0.25, 0.3) is 11.1 Å². The van der Waals surface area contributed by atoms with Crippen molar-refractivity contribution in [3.05, 3.63) is 76.2 Å². The Morgan fingerprint density at radius 1 is 1.14 bits per heavy atom. The molecular weight excluding hydrogens is 366 g/mol. The summed E-state index contributed by atoms with van der Waals surface area (Å²) in [5.41, 5.74) is 6.36. The highest BCUT2D eigenvalue weighted by molar-refractivity contribution is 7.11. The van der Waals surface area contributed by atoms with Crippen molar-refractivity contribution in [1.29, 1.82) is 0 Å². The summed E-state index contributed by atoms with van der Waals surface area (Å²) in [5, 5.41) is 5.96. The number of pyridine rings is 1. The first-order valence-corrected chi connectivity index (χ1v) is 10.6. The van der Waals surface area contributed by atoms with Crippen molar-refractivity contribution in [2.75, 3.05) is 0 Å². The van der Waals surface area contributed by atoms with Gasteiger partial charge in [0.15, 0.2) is 0 Å². The molecule has 4 nitrogen and oxygen atoms in total. The van der Waals surface area contributed by atoms with Crippen LogP contribution in [0.4, 0.5) is 0 Å². The molecule has 3 aromatic rings. The molecule has 1 aromatic carbocycles. The predicted molar refractivity (Wildman–Crippen MR) is 115 cm³/mol. The lowest BCUT2D eigenvalue weighted by atomic mass is 9.96. The zero-order valence-corrected chi connectivity index (χ0v) is 16.5. The second-order valence-electron chi connectivity index (χ2n) is 7.20. The van der Waals surface area contributed by atoms with Crippen LogP contribution in [0.1, 0.15) is 46.6 Å². The zero-order valence-electron chi connectivity index (χ0n) is 15.7. The van der Waals surface area contributed by atoms with E-state index in [0.29, 0.717) is 5.69 Å². The van der Waals surface area contributed by atoms with Gasteiger partial charge in [-0.05, 0) is 52.6 Å². The van der Waals surface area contributed by atoms with E-state index in [1.807, 2.05) is 29.6 Å². The molecule has 1 N–H and O–H groups in total. The maximum absolute atomic E-state index is 12.3. The van der Waals surface area contributed by atoms with Gasteiger partial charge >= 0.3 is 0 Å². The van der Waals surface area contributed by atoms with Crippen molar-refractivity contribution in [1.82, 2.24) is 10.4 Å². The summed E-state index contributed by atoms with van der Waals surface area (Å²) in [7, 11) is 0. The number of aromatic nitrogens is 1. The van der Waals surface area contributed by atoms with E-state index < -0.39 is 0 Å². The van der Waals surface area contributed by atoms with E-state index in [1.165, 1.54) is 37.7 Å². The molecule has 1 saturated carbocycles. The summed E-state index contributed by atoms with van der Waals surface area (Å²) in [5.74, 6) is 0.532. The number of hydrogen-bond acceptors (Lipinski definition) is 4. The normalized spacial score (nSPS) is 14.6. The number of nitrogens with one attached hydrogen (secondary N) is 1. The minimum Gasteiger partial charge on any atom is -0.266 e. The molecule has 0 unspecified atom stereocenters. The van der Waals surface area contributed by atoms with Gasteiger partial charge < -0.3 is 0 Å². The summed E-state index contributed by atoms with van der Waals surface area (Å²) in [6.45, 7) is 0. The van der Waals surface area contributed by atoms with Crippen LogP contribution in [-0.2, 0) is 6.42 Å². The number of hydrazone groups is 1. The molecule has 0 radical (unpaired) electrons. The van der Waals surface area contributed by atoms with Crippen LogP contribution in [0.3, 0.4) is 0 Å². The summed E-state index contributed by atoms with van der Waals surface area (Å²) < 4.78 is 0. The Morgan fingerprint density at radius 3 is 2.71 bits per heavy atom. The van der Waals surface area contributed by atoms with Crippen LogP contribution < -0.4 is 5.43 Å². The first-order chi connectivity index (χ1) is 13.8. The van der Waals surface area contributed by atoms with Crippen molar-refractivity contribution in [2.24, 2.45) is 11.0 Å². The fourth-order valence-corrected chi connectivity index (χ4v) is 4.28. The lowest BCUT2D eigenvalue weighted by Crippen LogP contribution is -2.18. The quantitative estimate of drug-likeness (QED) is 0.459. The zero-order chi connectivity index (χ0) is 19.2. The number of thiophene rings is 1. The Labute approximate surface area is 169 Å². The highest BCUT2D eigenvalue weighted by atomic mass is 32.1. The third kappa shape index (κ3) is 4.73. The number of benzene rings is 1. The molecule has 0 aliphatic heterocycles. The number of carbonyl (C=O) groups is 1. The average Bonchev–Trinajstić information content (AvgIpc) is 3.43. The Hall–Kier alpha value is -2.79. The van der Waals surface area contributed by atoms with Crippen LogP contribution in [0, 0.1) is 5.92 Å². The lowest BCUT2D eigenvalue weighted by molar-refractivity contribution is 0.0950. The molecule has 1 amide bonds. The minimum atomic E-state index is -0.312. The van der Waals surface area contributed by atoms with E-state index in [-0.39, 0.29) is 5.91 Å². The van der Waals surface area contributed by atoms with Crippen LogP contribution in [0.15, 0.2) is 65.2 Å². The maximum Gasteiger partial charge on any atom is 0.289 e. The summed E-state index contributed by atoms with van der Waals surface area (Å²) in [6, 6.07) is 16.3. The fraction of sp³-hybridized carbons (Fsp3) is 0.261. The molecule has 1 fully saturated rings. The topological polar surface area (TPSA) is 54.4 Å². The largest absolute Gasteiger partial charge is 0.289 e. The van der Waals surface area contributed by atoms with Crippen molar-refractivity contribution < 1.29 is 4.79 Å². The first-order valence-electron chi connectivity index (χ1n) is 9.70. The SMILES string of the molecule is O=C(N/N=C/c1cccs1)c1cc(-c2ccc(CC3CCCC3)cc2)ccn1. The van der Waals surface area contributed by atoms with Gasteiger partial charge in [0.05, 0.1) is 6.21 Å². The Kier molecular flexibility index (Phi) is 5.92. The van der Waals surface area contributed by atoms with Gasteiger partial charge in [-0.2, -0.15) is 5.10 Å². The van der Waals surface area contributed by atoms with Crippen LogP contribution in [-0.4, -0.2) is 17.1 Å². The van der Waals surface area contributed by atoms with Gasteiger partial charge in [0, 0.05) is 11.1 Å². The number of hydrogen-bond donors (Lipinski definition) is 1. The van der Waals surface area contributed by atoms with E-state index in [1.54, 1.807) is 23.7 Å². The molecule has 0 spiro atoms.